The molecule has 3 rings (SSSR count). The standard InChI is InChI=1S/C24H25F3N2O4/c1-23(2,3)33-22(31)29-12-11-19(24(26,27)15-29)18-10-9-17(13-20(18)25)28-21(30)32-14-16-7-5-4-6-8-16/h4-11,13H,12,14-15H2,1-3H3,(H,28,30). The van der Waals surface area contributed by atoms with Crippen LogP contribution < -0.4 is 5.32 Å². The van der Waals surface area contributed by atoms with Crippen LogP contribution in [-0.2, 0) is 16.1 Å². The van der Waals surface area contributed by atoms with E-state index in [-0.39, 0.29) is 24.4 Å². The van der Waals surface area contributed by atoms with E-state index in [0.29, 0.717) is 0 Å². The van der Waals surface area contributed by atoms with Gasteiger partial charge in [-0.05, 0) is 44.5 Å². The summed E-state index contributed by atoms with van der Waals surface area (Å²) in [7, 11) is 0. The van der Waals surface area contributed by atoms with Crippen molar-refractivity contribution in [3.63, 3.8) is 0 Å². The number of anilines is 1. The lowest BCUT2D eigenvalue weighted by Gasteiger charge is -2.34. The highest BCUT2D eigenvalue weighted by molar-refractivity contribution is 5.85. The van der Waals surface area contributed by atoms with Crippen LogP contribution in [0.3, 0.4) is 0 Å². The molecule has 0 aromatic heterocycles. The highest BCUT2D eigenvalue weighted by Gasteiger charge is 2.43. The highest BCUT2D eigenvalue weighted by Crippen LogP contribution is 2.38. The van der Waals surface area contributed by atoms with Gasteiger partial charge in [0.05, 0.1) is 6.54 Å². The number of nitrogens with zero attached hydrogens (tertiary/aromatic N) is 1. The maximum atomic E-state index is 14.8. The first-order valence-corrected chi connectivity index (χ1v) is 10.3. The Labute approximate surface area is 190 Å². The first kappa shape index (κ1) is 24.2. The summed E-state index contributed by atoms with van der Waals surface area (Å²) in [5, 5.41) is 2.37. The Balaban J connectivity index is 1.67. The second-order valence-electron chi connectivity index (χ2n) is 8.56. The van der Waals surface area contributed by atoms with Crippen LogP contribution in [0.2, 0.25) is 0 Å². The normalized spacial score (nSPS) is 15.5. The molecule has 2 aromatic rings. The molecule has 0 unspecified atom stereocenters. The number of halogens is 3. The van der Waals surface area contributed by atoms with Gasteiger partial charge in [-0.15, -0.1) is 0 Å². The average molecular weight is 462 g/mol. The molecule has 0 bridgehead atoms. The van der Waals surface area contributed by atoms with Gasteiger partial charge in [-0.25, -0.2) is 14.0 Å². The topological polar surface area (TPSA) is 67.9 Å². The molecule has 176 valence electrons. The number of carbonyl (C=O) groups excluding carboxylic acids is 2. The maximum absolute atomic E-state index is 14.8. The zero-order chi connectivity index (χ0) is 24.2. The number of carbonyl (C=O) groups is 2. The fourth-order valence-corrected chi connectivity index (χ4v) is 3.20. The molecule has 0 spiro atoms. The molecule has 0 fully saturated rings. The van der Waals surface area contributed by atoms with Gasteiger partial charge < -0.3 is 9.47 Å². The second kappa shape index (κ2) is 9.56. The summed E-state index contributed by atoms with van der Waals surface area (Å²) in [5.74, 6) is -4.42. The van der Waals surface area contributed by atoms with Crippen LogP contribution in [0.4, 0.5) is 28.4 Å². The number of hydrogen-bond donors (Lipinski definition) is 1. The minimum absolute atomic E-state index is 0.0283. The molecular formula is C24H25F3N2O4. The summed E-state index contributed by atoms with van der Waals surface area (Å²) in [4.78, 5) is 24.9. The highest BCUT2D eigenvalue weighted by atomic mass is 19.3. The van der Waals surface area contributed by atoms with Crippen molar-refractivity contribution in [2.45, 2.75) is 38.9 Å². The van der Waals surface area contributed by atoms with Crippen LogP contribution in [0, 0.1) is 5.82 Å². The van der Waals surface area contributed by atoms with Crippen molar-refractivity contribution in [2.75, 3.05) is 18.4 Å². The Morgan fingerprint density at radius 1 is 1.12 bits per heavy atom. The monoisotopic (exact) mass is 462 g/mol. The Morgan fingerprint density at radius 3 is 2.42 bits per heavy atom. The van der Waals surface area contributed by atoms with Gasteiger partial charge in [0.2, 0.25) is 0 Å². The van der Waals surface area contributed by atoms with Gasteiger partial charge in [0.25, 0.3) is 5.92 Å². The smallest absolute Gasteiger partial charge is 0.411 e. The first-order valence-electron chi connectivity index (χ1n) is 10.3. The molecule has 2 aromatic carbocycles. The Kier molecular flexibility index (Phi) is 7.00. The summed E-state index contributed by atoms with van der Waals surface area (Å²) >= 11 is 0. The van der Waals surface area contributed by atoms with Crippen molar-refractivity contribution in [3.8, 4) is 0 Å². The Hall–Kier alpha value is -3.49. The van der Waals surface area contributed by atoms with Crippen molar-refractivity contribution in [2.24, 2.45) is 0 Å². The third-order valence-corrected chi connectivity index (χ3v) is 4.67. The average Bonchev–Trinajstić information content (AvgIpc) is 2.72. The van der Waals surface area contributed by atoms with E-state index in [9.17, 15) is 22.8 Å². The molecule has 9 heteroatoms. The van der Waals surface area contributed by atoms with E-state index < -0.39 is 41.6 Å². The summed E-state index contributed by atoms with van der Waals surface area (Å²) in [6, 6.07) is 12.4. The Morgan fingerprint density at radius 2 is 1.82 bits per heavy atom. The lowest BCUT2D eigenvalue weighted by atomic mass is 9.95. The third-order valence-electron chi connectivity index (χ3n) is 4.67. The van der Waals surface area contributed by atoms with E-state index in [4.69, 9.17) is 9.47 Å². The number of nitrogens with one attached hydrogen (secondary N) is 1. The molecule has 6 nitrogen and oxygen atoms in total. The van der Waals surface area contributed by atoms with Gasteiger partial charge in [-0.1, -0.05) is 36.4 Å². The molecule has 2 amide bonds. The molecule has 1 aliphatic rings. The van der Waals surface area contributed by atoms with E-state index >= 15 is 0 Å². The van der Waals surface area contributed by atoms with Crippen molar-refractivity contribution in [1.82, 2.24) is 4.90 Å². The van der Waals surface area contributed by atoms with E-state index in [0.717, 1.165) is 28.7 Å². The van der Waals surface area contributed by atoms with Gasteiger partial charge in [0.15, 0.2) is 0 Å². The van der Waals surface area contributed by atoms with Gasteiger partial charge in [0.1, 0.15) is 18.0 Å². The van der Waals surface area contributed by atoms with Crippen LogP contribution in [-0.4, -0.2) is 41.7 Å². The van der Waals surface area contributed by atoms with Gasteiger partial charge in [0, 0.05) is 23.4 Å². The fraction of sp³-hybridized carbons (Fsp3) is 0.333. The molecule has 1 heterocycles. The molecular weight excluding hydrogens is 437 g/mol. The number of ether oxygens (including phenoxy) is 2. The first-order chi connectivity index (χ1) is 15.4. The third kappa shape index (κ3) is 6.50. The zero-order valence-electron chi connectivity index (χ0n) is 18.5. The fourth-order valence-electron chi connectivity index (χ4n) is 3.20. The summed E-state index contributed by atoms with van der Waals surface area (Å²) < 4.78 is 54.4. The summed E-state index contributed by atoms with van der Waals surface area (Å²) in [5.41, 5.74) is -0.830. The van der Waals surface area contributed by atoms with Crippen LogP contribution in [0.15, 0.2) is 54.6 Å². The van der Waals surface area contributed by atoms with E-state index in [2.05, 4.69) is 5.32 Å². The van der Waals surface area contributed by atoms with E-state index in [1.807, 2.05) is 6.07 Å². The van der Waals surface area contributed by atoms with Crippen LogP contribution >= 0.6 is 0 Å². The van der Waals surface area contributed by atoms with Crippen molar-refractivity contribution >= 4 is 23.4 Å². The van der Waals surface area contributed by atoms with Crippen molar-refractivity contribution in [1.29, 1.82) is 0 Å². The molecule has 0 saturated heterocycles. The van der Waals surface area contributed by atoms with E-state index in [1.54, 1.807) is 45.0 Å². The van der Waals surface area contributed by atoms with Crippen LogP contribution in [0.25, 0.3) is 5.57 Å². The maximum Gasteiger partial charge on any atom is 0.411 e. The molecule has 1 N–H and O–H groups in total. The number of hydrogen-bond acceptors (Lipinski definition) is 4. The zero-order valence-corrected chi connectivity index (χ0v) is 18.5. The predicted octanol–water partition coefficient (Wildman–Crippen LogP) is 5.84. The summed E-state index contributed by atoms with van der Waals surface area (Å²) in [6.45, 7) is 3.86. The van der Waals surface area contributed by atoms with Gasteiger partial charge in [-0.3, -0.25) is 10.2 Å². The number of alkyl halides is 2. The van der Waals surface area contributed by atoms with Gasteiger partial charge >= 0.3 is 12.2 Å². The van der Waals surface area contributed by atoms with E-state index in [1.165, 1.54) is 6.07 Å². The number of benzene rings is 2. The molecule has 0 saturated carbocycles. The number of amides is 2. The molecule has 0 aliphatic carbocycles. The quantitative estimate of drug-likeness (QED) is 0.620. The SMILES string of the molecule is CC(C)(C)OC(=O)N1CC=C(c2ccc(NC(=O)OCc3ccccc3)cc2F)C(F)(F)C1. The van der Waals surface area contributed by atoms with Crippen molar-refractivity contribution in [3.05, 3.63) is 71.6 Å². The summed E-state index contributed by atoms with van der Waals surface area (Å²) in [6.07, 6.45) is -0.569. The number of rotatable bonds is 4. The molecule has 33 heavy (non-hydrogen) atoms. The largest absolute Gasteiger partial charge is 0.444 e. The molecule has 0 radical (unpaired) electrons. The molecule has 0 atom stereocenters. The van der Waals surface area contributed by atoms with Crippen LogP contribution in [0.1, 0.15) is 31.9 Å². The molecule has 1 aliphatic heterocycles. The second-order valence-corrected chi connectivity index (χ2v) is 8.56. The minimum Gasteiger partial charge on any atom is -0.444 e. The minimum atomic E-state index is -3.49. The lowest BCUT2D eigenvalue weighted by molar-refractivity contribution is -0.0106. The van der Waals surface area contributed by atoms with Crippen LogP contribution in [0.5, 0.6) is 0 Å². The lowest BCUT2D eigenvalue weighted by Crippen LogP contribution is -2.47. The van der Waals surface area contributed by atoms with Gasteiger partial charge in [-0.2, -0.15) is 8.78 Å². The van der Waals surface area contributed by atoms with Crippen molar-refractivity contribution < 1.29 is 32.2 Å². The predicted molar refractivity (Wildman–Crippen MR) is 117 cm³/mol. The Bertz CT molecular complexity index is 1050.